The van der Waals surface area contributed by atoms with E-state index in [4.69, 9.17) is 9.47 Å². The number of piperidine rings is 2. The van der Waals surface area contributed by atoms with Crippen LogP contribution >= 0.6 is 0 Å². The molecule has 25 heavy (non-hydrogen) atoms. The quantitative estimate of drug-likeness (QED) is 0.629. The number of esters is 1. The second kappa shape index (κ2) is 4.27. The standard InChI is InChI=1S/C20H22N2O3/c1-3-11-10-22-15-8-12(11)17(18(23)24-2)19-9-16(22)25-20(15,19)21-14-7-5-4-6-13(14)19/h3-7,12,15-17,21H,8-10H2,1-2H3/b11-3+. The van der Waals surface area contributed by atoms with Crippen molar-refractivity contribution in [2.45, 2.75) is 43.2 Å². The molecule has 6 atom stereocenters. The predicted molar refractivity (Wildman–Crippen MR) is 91.8 cm³/mol. The Morgan fingerprint density at radius 3 is 3.08 bits per heavy atom. The Bertz CT molecular complexity index is 836. The molecule has 0 radical (unpaired) electrons. The van der Waals surface area contributed by atoms with Crippen LogP contribution in [0.3, 0.4) is 0 Å². The first-order chi connectivity index (χ1) is 12.2. The van der Waals surface area contributed by atoms with Gasteiger partial charge in [-0.3, -0.25) is 9.69 Å². The zero-order valence-corrected chi connectivity index (χ0v) is 14.5. The van der Waals surface area contributed by atoms with Gasteiger partial charge >= 0.3 is 5.97 Å². The second-order valence-electron chi connectivity index (χ2n) is 8.05. The van der Waals surface area contributed by atoms with E-state index in [1.54, 1.807) is 0 Å². The third-order valence-electron chi connectivity index (χ3n) is 7.53. The Morgan fingerprint density at radius 1 is 1.44 bits per heavy atom. The molecule has 6 unspecified atom stereocenters. The minimum Gasteiger partial charge on any atom is -0.469 e. The van der Waals surface area contributed by atoms with Gasteiger partial charge < -0.3 is 14.8 Å². The molecular weight excluding hydrogens is 316 g/mol. The number of fused-ring (bicyclic) bond motifs is 4. The molecule has 130 valence electrons. The Kier molecular flexibility index (Phi) is 2.45. The molecule has 3 saturated heterocycles. The van der Waals surface area contributed by atoms with E-state index in [0.29, 0.717) is 6.04 Å². The first-order valence-corrected chi connectivity index (χ1v) is 9.20. The van der Waals surface area contributed by atoms with Crippen LogP contribution in [0.25, 0.3) is 0 Å². The topological polar surface area (TPSA) is 50.8 Å². The number of ether oxygens (including phenoxy) is 2. The maximum atomic E-state index is 13.1. The van der Waals surface area contributed by atoms with Crippen molar-refractivity contribution in [1.29, 1.82) is 0 Å². The highest BCUT2D eigenvalue weighted by Gasteiger charge is 2.82. The third-order valence-corrected chi connectivity index (χ3v) is 7.53. The number of nitrogens with one attached hydrogen (secondary N) is 1. The molecule has 4 aliphatic heterocycles. The molecule has 5 aliphatic rings. The smallest absolute Gasteiger partial charge is 0.310 e. The Labute approximate surface area is 147 Å². The average molecular weight is 338 g/mol. The molecular formula is C20H22N2O3. The molecule has 5 nitrogen and oxygen atoms in total. The van der Waals surface area contributed by atoms with Crippen molar-refractivity contribution in [3.8, 4) is 0 Å². The van der Waals surface area contributed by atoms with Crippen LogP contribution in [-0.2, 0) is 19.7 Å². The number of benzene rings is 1. The predicted octanol–water partition coefficient (Wildman–Crippen LogP) is 2.25. The highest BCUT2D eigenvalue weighted by molar-refractivity contribution is 5.81. The number of carbonyl (C=O) groups is 1. The van der Waals surface area contributed by atoms with Crippen molar-refractivity contribution in [2.75, 3.05) is 19.0 Å². The monoisotopic (exact) mass is 338 g/mol. The summed E-state index contributed by atoms with van der Waals surface area (Å²) < 4.78 is 12.0. The number of hydrogen-bond acceptors (Lipinski definition) is 5. The summed E-state index contributed by atoms with van der Waals surface area (Å²) >= 11 is 0. The fourth-order valence-electron chi connectivity index (χ4n) is 6.75. The van der Waals surface area contributed by atoms with Crippen LogP contribution in [0, 0.1) is 11.8 Å². The van der Waals surface area contributed by atoms with Gasteiger partial charge in [0.2, 0.25) is 0 Å². The summed E-state index contributed by atoms with van der Waals surface area (Å²) in [5, 5.41) is 3.73. The van der Waals surface area contributed by atoms with Gasteiger partial charge in [-0.15, -0.1) is 0 Å². The Balaban J connectivity index is 1.67. The van der Waals surface area contributed by atoms with Gasteiger partial charge in [-0.05, 0) is 30.9 Å². The first kappa shape index (κ1) is 14.3. The molecule has 6 rings (SSSR count). The highest BCUT2D eigenvalue weighted by atomic mass is 16.6. The van der Waals surface area contributed by atoms with Gasteiger partial charge in [-0.25, -0.2) is 0 Å². The lowest BCUT2D eigenvalue weighted by Gasteiger charge is -2.60. The van der Waals surface area contributed by atoms with Crippen LogP contribution in [0.4, 0.5) is 5.69 Å². The van der Waals surface area contributed by atoms with Crippen molar-refractivity contribution < 1.29 is 14.3 Å². The number of carbonyl (C=O) groups excluding carboxylic acids is 1. The lowest BCUT2D eigenvalue weighted by atomic mass is 9.49. The molecule has 1 spiro atoms. The van der Waals surface area contributed by atoms with Crippen molar-refractivity contribution in [3.63, 3.8) is 0 Å². The Morgan fingerprint density at radius 2 is 2.28 bits per heavy atom. The second-order valence-corrected chi connectivity index (χ2v) is 8.05. The number of methoxy groups -OCH3 is 1. The molecule has 4 heterocycles. The molecule has 5 heteroatoms. The SMILES string of the molecule is C/C=C1\CN2C3CC45c6ccccc6NC4(O3)C2CC1C5C(=O)OC. The van der Waals surface area contributed by atoms with E-state index < -0.39 is 5.72 Å². The van der Waals surface area contributed by atoms with Crippen LogP contribution in [0.2, 0.25) is 0 Å². The van der Waals surface area contributed by atoms with Crippen molar-refractivity contribution in [2.24, 2.45) is 11.8 Å². The molecule has 1 N–H and O–H groups in total. The van der Waals surface area contributed by atoms with Gasteiger partial charge in [0, 0.05) is 18.7 Å². The van der Waals surface area contributed by atoms with Crippen molar-refractivity contribution in [1.82, 2.24) is 4.90 Å². The van der Waals surface area contributed by atoms with Crippen LogP contribution in [-0.4, -0.2) is 42.5 Å². The number of hydrogen-bond donors (Lipinski definition) is 1. The largest absolute Gasteiger partial charge is 0.469 e. The zero-order valence-electron chi connectivity index (χ0n) is 14.5. The fourth-order valence-corrected chi connectivity index (χ4v) is 6.75. The minimum absolute atomic E-state index is 0.0780. The van der Waals surface area contributed by atoms with Gasteiger partial charge in [-0.2, -0.15) is 0 Å². The van der Waals surface area contributed by atoms with Gasteiger partial charge in [0.05, 0.1) is 24.5 Å². The van der Waals surface area contributed by atoms with E-state index in [-0.39, 0.29) is 29.4 Å². The third kappa shape index (κ3) is 1.30. The van der Waals surface area contributed by atoms with Gasteiger partial charge in [0.25, 0.3) is 0 Å². The lowest BCUT2D eigenvalue weighted by Crippen LogP contribution is -2.73. The maximum Gasteiger partial charge on any atom is 0.310 e. The number of para-hydroxylation sites is 1. The maximum absolute atomic E-state index is 13.1. The number of rotatable bonds is 1. The molecule has 1 aromatic rings. The molecule has 1 aliphatic carbocycles. The van der Waals surface area contributed by atoms with E-state index in [1.165, 1.54) is 18.2 Å². The van der Waals surface area contributed by atoms with Crippen LogP contribution in [0.15, 0.2) is 35.9 Å². The summed E-state index contributed by atoms with van der Waals surface area (Å²) in [4.78, 5) is 15.6. The normalized spacial score (nSPS) is 46.9. The van der Waals surface area contributed by atoms with E-state index >= 15 is 0 Å². The number of allylic oxidation sites excluding steroid dienone is 1. The van der Waals surface area contributed by atoms with Crippen molar-refractivity contribution >= 4 is 11.7 Å². The summed E-state index contributed by atoms with van der Waals surface area (Å²) in [6.07, 6.45) is 4.10. The molecule has 1 saturated carbocycles. The summed E-state index contributed by atoms with van der Waals surface area (Å²) in [5.41, 5.74) is 2.89. The first-order valence-electron chi connectivity index (χ1n) is 9.20. The van der Waals surface area contributed by atoms with Crippen LogP contribution in [0.1, 0.15) is 25.3 Å². The Hall–Kier alpha value is -1.85. The lowest BCUT2D eigenvalue weighted by molar-refractivity contribution is -0.161. The fraction of sp³-hybridized carbons (Fsp3) is 0.550. The molecule has 0 aromatic heterocycles. The highest BCUT2D eigenvalue weighted by Crippen LogP contribution is 2.72. The molecule has 0 amide bonds. The average Bonchev–Trinajstić information content (AvgIpc) is 3.22. The summed E-state index contributed by atoms with van der Waals surface area (Å²) in [5.74, 6) is -0.0451. The zero-order chi connectivity index (χ0) is 17.0. The summed E-state index contributed by atoms with van der Waals surface area (Å²) in [6, 6.07) is 8.74. The molecule has 4 bridgehead atoms. The summed E-state index contributed by atoms with van der Waals surface area (Å²) in [6.45, 7) is 2.99. The van der Waals surface area contributed by atoms with E-state index in [0.717, 1.165) is 25.1 Å². The molecule has 1 aromatic carbocycles. The van der Waals surface area contributed by atoms with Crippen LogP contribution in [0.5, 0.6) is 0 Å². The van der Waals surface area contributed by atoms with Gasteiger partial charge in [-0.1, -0.05) is 29.8 Å². The number of anilines is 1. The number of nitrogens with zero attached hydrogens (tertiary/aromatic N) is 1. The summed E-state index contributed by atoms with van der Waals surface area (Å²) in [7, 11) is 1.52. The van der Waals surface area contributed by atoms with Gasteiger partial charge in [0.15, 0.2) is 5.72 Å². The minimum atomic E-state index is -0.490. The van der Waals surface area contributed by atoms with E-state index in [1.807, 2.05) is 0 Å². The van der Waals surface area contributed by atoms with Crippen molar-refractivity contribution in [3.05, 3.63) is 41.5 Å². The molecule has 4 fully saturated rings. The van der Waals surface area contributed by atoms with E-state index in [2.05, 4.69) is 47.5 Å². The van der Waals surface area contributed by atoms with Crippen LogP contribution < -0.4 is 5.32 Å². The van der Waals surface area contributed by atoms with Gasteiger partial charge in [0.1, 0.15) is 6.23 Å². The van der Waals surface area contributed by atoms with E-state index in [9.17, 15) is 4.79 Å².